The van der Waals surface area contributed by atoms with Crippen molar-refractivity contribution in [2.45, 2.75) is 46.7 Å². The lowest BCUT2D eigenvalue weighted by molar-refractivity contribution is 0.315. The Morgan fingerprint density at radius 3 is 2.50 bits per heavy atom. The number of hydrogen-bond donors (Lipinski definition) is 1. The minimum atomic E-state index is 0.718. The maximum absolute atomic E-state index is 3.50. The van der Waals surface area contributed by atoms with Crippen molar-refractivity contribution in [1.29, 1.82) is 0 Å². The van der Waals surface area contributed by atoms with Crippen molar-refractivity contribution >= 4 is 0 Å². The van der Waals surface area contributed by atoms with Crippen LogP contribution in [0.15, 0.2) is 24.3 Å². The van der Waals surface area contributed by atoms with E-state index in [1.165, 1.54) is 37.1 Å². The lowest BCUT2D eigenvalue weighted by Crippen LogP contribution is -2.20. The standard InChI is InChI=1S/C18H30N2/c1-4-16-9-10-20(13-16)14-18-7-5-17(6-8-18)12-19-11-15(2)3/h5-8,15-16,19H,4,9-14H2,1-3H3. The van der Waals surface area contributed by atoms with E-state index in [0.717, 1.165) is 31.5 Å². The summed E-state index contributed by atoms with van der Waals surface area (Å²) in [6, 6.07) is 9.14. The molecule has 0 aromatic heterocycles. The number of nitrogens with one attached hydrogen (secondary N) is 1. The van der Waals surface area contributed by atoms with E-state index in [-0.39, 0.29) is 0 Å². The predicted octanol–water partition coefficient (Wildman–Crippen LogP) is 3.66. The summed E-state index contributed by atoms with van der Waals surface area (Å²) in [6.45, 7) is 12.6. The van der Waals surface area contributed by atoms with Gasteiger partial charge >= 0.3 is 0 Å². The molecule has 1 heterocycles. The average Bonchev–Trinajstić information content (AvgIpc) is 2.88. The maximum Gasteiger partial charge on any atom is 0.0233 e. The first kappa shape index (κ1) is 15.5. The molecule has 0 spiro atoms. The highest BCUT2D eigenvalue weighted by Gasteiger charge is 2.20. The van der Waals surface area contributed by atoms with E-state index < -0.39 is 0 Å². The Balaban J connectivity index is 1.77. The van der Waals surface area contributed by atoms with Crippen LogP contribution in [0.3, 0.4) is 0 Å². The third-order valence-electron chi connectivity index (χ3n) is 4.26. The topological polar surface area (TPSA) is 15.3 Å². The molecular formula is C18H30N2. The van der Waals surface area contributed by atoms with Crippen LogP contribution in [0, 0.1) is 11.8 Å². The summed E-state index contributed by atoms with van der Waals surface area (Å²) in [4.78, 5) is 2.60. The highest BCUT2D eigenvalue weighted by molar-refractivity contribution is 5.22. The summed E-state index contributed by atoms with van der Waals surface area (Å²) >= 11 is 0. The van der Waals surface area contributed by atoms with Crippen LogP contribution in [0.1, 0.15) is 44.7 Å². The smallest absolute Gasteiger partial charge is 0.0233 e. The molecule has 2 heteroatoms. The maximum atomic E-state index is 3.50. The van der Waals surface area contributed by atoms with Gasteiger partial charge in [0.1, 0.15) is 0 Å². The molecule has 0 aliphatic carbocycles. The van der Waals surface area contributed by atoms with E-state index in [0.29, 0.717) is 0 Å². The lowest BCUT2D eigenvalue weighted by Gasteiger charge is -2.16. The molecule has 1 aliphatic rings. The van der Waals surface area contributed by atoms with E-state index in [1.807, 2.05) is 0 Å². The molecule has 2 rings (SSSR count). The van der Waals surface area contributed by atoms with Crippen molar-refractivity contribution < 1.29 is 0 Å². The molecule has 112 valence electrons. The summed E-state index contributed by atoms with van der Waals surface area (Å²) in [5.41, 5.74) is 2.84. The molecule has 1 aliphatic heterocycles. The molecule has 1 saturated heterocycles. The second kappa shape index (κ2) is 7.80. The highest BCUT2D eigenvalue weighted by Crippen LogP contribution is 2.21. The fourth-order valence-electron chi connectivity index (χ4n) is 2.92. The summed E-state index contributed by atoms with van der Waals surface area (Å²) in [6.07, 6.45) is 2.71. The Kier molecular flexibility index (Phi) is 6.06. The summed E-state index contributed by atoms with van der Waals surface area (Å²) in [5, 5.41) is 3.50. The Morgan fingerprint density at radius 2 is 1.90 bits per heavy atom. The number of rotatable bonds is 7. The molecule has 0 amide bonds. The van der Waals surface area contributed by atoms with Crippen molar-refractivity contribution in [3.63, 3.8) is 0 Å². The van der Waals surface area contributed by atoms with Gasteiger partial charge in [-0.1, -0.05) is 51.5 Å². The second-order valence-corrected chi connectivity index (χ2v) is 6.64. The van der Waals surface area contributed by atoms with E-state index in [4.69, 9.17) is 0 Å². The molecule has 1 aromatic carbocycles. The van der Waals surface area contributed by atoms with E-state index >= 15 is 0 Å². The molecule has 0 radical (unpaired) electrons. The van der Waals surface area contributed by atoms with Gasteiger partial charge in [0.15, 0.2) is 0 Å². The summed E-state index contributed by atoms with van der Waals surface area (Å²) in [7, 11) is 0. The quantitative estimate of drug-likeness (QED) is 0.816. The van der Waals surface area contributed by atoms with Crippen LogP contribution >= 0.6 is 0 Å². The Bertz CT molecular complexity index is 383. The van der Waals surface area contributed by atoms with Crippen LogP contribution in [0.5, 0.6) is 0 Å². The molecule has 1 atom stereocenters. The summed E-state index contributed by atoms with van der Waals surface area (Å²) < 4.78 is 0. The molecule has 0 saturated carbocycles. The van der Waals surface area contributed by atoms with Gasteiger partial charge in [-0.3, -0.25) is 4.90 Å². The van der Waals surface area contributed by atoms with Gasteiger partial charge < -0.3 is 5.32 Å². The lowest BCUT2D eigenvalue weighted by atomic mass is 10.1. The SMILES string of the molecule is CCC1CCN(Cc2ccc(CNCC(C)C)cc2)C1. The molecule has 1 aromatic rings. The number of likely N-dealkylation sites (tertiary alicyclic amines) is 1. The second-order valence-electron chi connectivity index (χ2n) is 6.64. The molecule has 1 unspecified atom stereocenters. The van der Waals surface area contributed by atoms with Gasteiger partial charge in [0.2, 0.25) is 0 Å². The fraction of sp³-hybridized carbons (Fsp3) is 0.667. The van der Waals surface area contributed by atoms with Crippen LogP contribution in [-0.2, 0) is 13.1 Å². The highest BCUT2D eigenvalue weighted by atomic mass is 15.1. The van der Waals surface area contributed by atoms with E-state index in [1.54, 1.807) is 0 Å². The average molecular weight is 274 g/mol. The van der Waals surface area contributed by atoms with Crippen LogP contribution < -0.4 is 5.32 Å². The zero-order valence-corrected chi connectivity index (χ0v) is 13.4. The third-order valence-corrected chi connectivity index (χ3v) is 4.26. The van der Waals surface area contributed by atoms with E-state index in [2.05, 4.69) is 55.3 Å². The first-order chi connectivity index (χ1) is 9.67. The van der Waals surface area contributed by atoms with Gasteiger partial charge in [0, 0.05) is 19.6 Å². The minimum Gasteiger partial charge on any atom is -0.312 e. The molecule has 2 nitrogen and oxygen atoms in total. The van der Waals surface area contributed by atoms with E-state index in [9.17, 15) is 0 Å². The zero-order valence-electron chi connectivity index (χ0n) is 13.4. The van der Waals surface area contributed by atoms with Crippen molar-refractivity contribution in [2.75, 3.05) is 19.6 Å². The van der Waals surface area contributed by atoms with Gasteiger partial charge in [0.25, 0.3) is 0 Å². The first-order valence-corrected chi connectivity index (χ1v) is 8.18. The van der Waals surface area contributed by atoms with Gasteiger partial charge in [-0.2, -0.15) is 0 Å². The van der Waals surface area contributed by atoms with Gasteiger partial charge in [-0.25, -0.2) is 0 Å². The minimum absolute atomic E-state index is 0.718. The normalized spacial score (nSPS) is 19.9. The summed E-state index contributed by atoms with van der Waals surface area (Å²) in [5.74, 6) is 1.64. The van der Waals surface area contributed by atoms with Crippen LogP contribution in [0.25, 0.3) is 0 Å². The predicted molar refractivity (Wildman–Crippen MR) is 86.7 cm³/mol. The van der Waals surface area contributed by atoms with Crippen LogP contribution in [0.4, 0.5) is 0 Å². The van der Waals surface area contributed by atoms with Crippen molar-refractivity contribution in [1.82, 2.24) is 10.2 Å². The zero-order chi connectivity index (χ0) is 14.4. The first-order valence-electron chi connectivity index (χ1n) is 8.18. The Morgan fingerprint density at radius 1 is 1.20 bits per heavy atom. The van der Waals surface area contributed by atoms with Crippen LogP contribution in [-0.4, -0.2) is 24.5 Å². The number of benzene rings is 1. The molecule has 1 N–H and O–H groups in total. The number of hydrogen-bond acceptors (Lipinski definition) is 2. The largest absolute Gasteiger partial charge is 0.312 e. The number of nitrogens with zero attached hydrogens (tertiary/aromatic N) is 1. The van der Waals surface area contributed by atoms with Gasteiger partial charge in [-0.15, -0.1) is 0 Å². The van der Waals surface area contributed by atoms with Crippen molar-refractivity contribution in [3.8, 4) is 0 Å². The van der Waals surface area contributed by atoms with Crippen molar-refractivity contribution in [2.24, 2.45) is 11.8 Å². The molecule has 1 fully saturated rings. The Labute approximate surface area is 124 Å². The monoisotopic (exact) mass is 274 g/mol. The van der Waals surface area contributed by atoms with Gasteiger partial charge in [0.05, 0.1) is 0 Å². The molecular weight excluding hydrogens is 244 g/mol. The van der Waals surface area contributed by atoms with Crippen LogP contribution in [0.2, 0.25) is 0 Å². The third kappa shape index (κ3) is 4.92. The molecule has 20 heavy (non-hydrogen) atoms. The molecule has 0 bridgehead atoms. The fourth-order valence-corrected chi connectivity index (χ4v) is 2.92. The van der Waals surface area contributed by atoms with Crippen molar-refractivity contribution in [3.05, 3.63) is 35.4 Å². The Hall–Kier alpha value is -0.860. The van der Waals surface area contributed by atoms with Gasteiger partial charge in [-0.05, 0) is 42.5 Å².